The molecule has 1 aliphatic carbocycles. The van der Waals surface area contributed by atoms with E-state index in [1.807, 2.05) is 36.5 Å². The lowest BCUT2D eigenvalue weighted by molar-refractivity contribution is -0.145. The van der Waals surface area contributed by atoms with Crippen molar-refractivity contribution in [2.75, 3.05) is 5.32 Å². The van der Waals surface area contributed by atoms with Gasteiger partial charge in [-0.05, 0) is 41.8 Å². The number of amides is 1. The molecule has 0 bridgehead atoms. The summed E-state index contributed by atoms with van der Waals surface area (Å²) in [4.78, 5) is 16.5. The van der Waals surface area contributed by atoms with Crippen molar-refractivity contribution in [3.05, 3.63) is 42.1 Å². The number of fused-ring (bicyclic) bond motifs is 2. The van der Waals surface area contributed by atoms with E-state index < -0.39 is 11.8 Å². The van der Waals surface area contributed by atoms with Gasteiger partial charge in [0.05, 0.1) is 21.9 Å². The van der Waals surface area contributed by atoms with Gasteiger partial charge in [0.15, 0.2) is 5.13 Å². The SMILES string of the molecule is Cc1ccc2[nH]ncc2c1-c1ccc2nc(NC(=O)C3CC(F)(F)C3)sc2c1. The topological polar surface area (TPSA) is 70.7 Å². The van der Waals surface area contributed by atoms with Gasteiger partial charge in [-0.1, -0.05) is 23.5 Å². The Morgan fingerprint density at radius 3 is 2.89 bits per heavy atom. The second-order valence-electron chi connectivity index (χ2n) is 7.24. The van der Waals surface area contributed by atoms with Gasteiger partial charge >= 0.3 is 0 Å². The smallest absolute Gasteiger partial charge is 0.249 e. The van der Waals surface area contributed by atoms with E-state index in [9.17, 15) is 13.6 Å². The van der Waals surface area contributed by atoms with Crippen molar-refractivity contribution in [1.29, 1.82) is 0 Å². The van der Waals surface area contributed by atoms with Gasteiger partial charge in [-0.3, -0.25) is 9.89 Å². The molecule has 28 heavy (non-hydrogen) atoms. The molecule has 1 amide bonds. The molecule has 2 N–H and O–H groups in total. The van der Waals surface area contributed by atoms with Crippen LogP contribution >= 0.6 is 11.3 Å². The molecule has 2 aromatic carbocycles. The van der Waals surface area contributed by atoms with E-state index in [-0.39, 0.29) is 18.7 Å². The molecule has 2 aromatic heterocycles. The number of aromatic amines is 1. The third kappa shape index (κ3) is 2.84. The number of carbonyl (C=O) groups is 1. The first-order valence-electron chi connectivity index (χ1n) is 8.92. The van der Waals surface area contributed by atoms with Gasteiger partial charge < -0.3 is 5.32 Å². The number of carbonyl (C=O) groups excluding carboxylic acids is 1. The first-order valence-corrected chi connectivity index (χ1v) is 9.74. The molecule has 0 unspecified atom stereocenters. The zero-order valence-electron chi connectivity index (χ0n) is 14.9. The molecule has 0 aliphatic heterocycles. The zero-order valence-corrected chi connectivity index (χ0v) is 15.7. The van der Waals surface area contributed by atoms with Gasteiger partial charge in [0.25, 0.3) is 0 Å². The number of nitrogens with one attached hydrogen (secondary N) is 2. The predicted molar refractivity (Wildman–Crippen MR) is 106 cm³/mol. The van der Waals surface area contributed by atoms with Crippen LogP contribution in [0.15, 0.2) is 36.5 Å². The summed E-state index contributed by atoms with van der Waals surface area (Å²) in [5.74, 6) is -3.74. The summed E-state index contributed by atoms with van der Waals surface area (Å²) in [6.45, 7) is 2.05. The Balaban J connectivity index is 1.46. The fourth-order valence-electron chi connectivity index (χ4n) is 3.70. The number of aryl methyl sites for hydroxylation is 1. The number of halogens is 2. The van der Waals surface area contributed by atoms with Crippen LogP contribution in [0.25, 0.3) is 32.2 Å². The van der Waals surface area contributed by atoms with Crippen LogP contribution in [-0.2, 0) is 4.79 Å². The number of benzene rings is 2. The molecule has 2 heterocycles. The molecule has 8 heteroatoms. The number of H-pyrrole nitrogens is 1. The Morgan fingerprint density at radius 1 is 1.29 bits per heavy atom. The molecule has 1 aliphatic rings. The third-order valence-electron chi connectivity index (χ3n) is 5.20. The second-order valence-corrected chi connectivity index (χ2v) is 8.27. The summed E-state index contributed by atoms with van der Waals surface area (Å²) in [5, 5.41) is 11.3. The fourth-order valence-corrected chi connectivity index (χ4v) is 4.61. The quantitative estimate of drug-likeness (QED) is 0.502. The number of nitrogens with zero attached hydrogens (tertiary/aromatic N) is 2. The maximum absolute atomic E-state index is 13.0. The Morgan fingerprint density at radius 2 is 2.11 bits per heavy atom. The summed E-state index contributed by atoms with van der Waals surface area (Å²) < 4.78 is 26.9. The Bertz CT molecular complexity index is 1220. The van der Waals surface area contributed by atoms with E-state index in [4.69, 9.17) is 0 Å². The van der Waals surface area contributed by atoms with Crippen LogP contribution in [0, 0.1) is 12.8 Å². The van der Waals surface area contributed by atoms with Crippen molar-refractivity contribution < 1.29 is 13.6 Å². The van der Waals surface area contributed by atoms with Crippen molar-refractivity contribution >= 4 is 43.5 Å². The molecule has 1 saturated carbocycles. The molecule has 4 aromatic rings. The number of rotatable bonds is 3. The van der Waals surface area contributed by atoms with Gasteiger partial charge in [-0.25, -0.2) is 13.8 Å². The van der Waals surface area contributed by atoms with E-state index in [0.717, 1.165) is 37.8 Å². The minimum Gasteiger partial charge on any atom is -0.302 e. The average Bonchev–Trinajstić information content (AvgIpc) is 3.24. The summed E-state index contributed by atoms with van der Waals surface area (Å²) >= 11 is 1.35. The molecule has 142 valence electrons. The lowest BCUT2D eigenvalue weighted by atomic mass is 9.81. The van der Waals surface area contributed by atoms with Crippen LogP contribution in [0.2, 0.25) is 0 Å². The molecule has 0 saturated heterocycles. The summed E-state index contributed by atoms with van der Waals surface area (Å²) in [5.41, 5.74) is 5.01. The number of thiazole rings is 1. The van der Waals surface area contributed by atoms with E-state index in [1.54, 1.807) is 0 Å². The van der Waals surface area contributed by atoms with Crippen molar-refractivity contribution in [3.8, 4) is 11.1 Å². The molecular weight excluding hydrogens is 382 g/mol. The number of aromatic nitrogens is 3. The van der Waals surface area contributed by atoms with E-state index in [1.165, 1.54) is 11.3 Å². The summed E-state index contributed by atoms with van der Waals surface area (Å²) in [7, 11) is 0. The monoisotopic (exact) mass is 398 g/mol. The van der Waals surface area contributed by atoms with Gasteiger partial charge in [-0.15, -0.1) is 0 Å². The lowest BCUT2D eigenvalue weighted by Crippen LogP contribution is -2.42. The highest BCUT2D eigenvalue weighted by Gasteiger charge is 2.48. The summed E-state index contributed by atoms with van der Waals surface area (Å²) in [6, 6.07) is 9.99. The van der Waals surface area contributed by atoms with Gasteiger partial charge in [-0.2, -0.15) is 5.10 Å². The van der Waals surface area contributed by atoms with E-state index in [0.29, 0.717) is 5.13 Å². The molecular formula is C20H16F2N4OS. The molecule has 0 spiro atoms. The van der Waals surface area contributed by atoms with Crippen LogP contribution in [-0.4, -0.2) is 27.0 Å². The van der Waals surface area contributed by atoms with Crippen LogP contribution in [0.1, 0.15) is 18.4 Å². The Labute approximate surface area is 162 Å². The van der Waals surface area contributed by atoms with Crippen molar-refractivity contribution in [1.82, 2.24) is 15.2 Å². The number of alkyl halides is 2. The van der Waals surface area contributed by atoms with Crippen LogP contribution < -0.4 is 5.32 Å². The third-order valence-corrected chi connectivity index (χ3v) is 6.13. The minimum absolute atomic E-state index is 0.385. The fraction of sp³-hybridized carbons (Fsp3) is 0.250. The molecule has 5 rings (SSSR count). The maximum Gasteiger partial charge on any atom is 0.249 e. The molecule has 5 nitrogen and oxygen atoms in total. The normalized spacial score (nSPS) is 16.4. The van der Waals surface area contributed by atoms with Crippen LogP contribution in [0.3, 0.4) is 0 Å². The van der Waals surface area contributed by atoms with Crippen LogP contribution in [0.5, 0.6) is 0 Å². The Hall–Kier alpha value is -2.87. The van der Waals surface area contributed by atoms with Gasteiger partial charge in [0.2, 0.25) is 11.8 Å². The highest BCUT2D eigenvalue weighted by atomic mass is 32.1. The van der Waals surface area contributed by atoms with Crippen LogP contribution in [0.4, 0.5) is 13.9 Å². The van der Waals surface area contributed by atoms with Gasteiger partial charge in [0.1, 0.15) is 0 Å². The highest BCUT2D eigenvalue weighted by molar-refractivity contribution is 7.22. The van der Waals surface area contributed by atoms with Crippen molar-refractivity contribution in [2.45, 2.75) is 25.7 Å². The minimum atomic E-state index is -2.71. The standard InChI is InChI=1S/C20H16F2N4OS/c1-10-2-4-14-13(9-23-26-14)17(10)11-3-5-15-16(6-11)28-19(24-15)25-18(27)12-7-20(21,22)8-12/h2-6,9,12H,7-8H2,1H3,(H,23,26)(H,24,25,27). The Kier molecular flexibility index (Phi) is 3.74. The second kappa shape index (κ2) is 6.07. The van der Waals surface area contributed by atoms with E-state index in [2.05, 4.69) is 27.4 Å². The number of hydrogen-bond acceptors (Lipinski definition) is 4. The molecule has 0 atom stereocenters. The average molecular weight is 398 g/mol. The highest BCUT2D eigenvalue weighted by Crippen LogP contribution is 2.43. The summed E-state index contributed by atoms with van der Waals surface area (Å²) in [6.07, 6.45) is 1.04. The van der Waals surface area contributed by atoms with Crippen molar-refractivity contribution in [2.24, 2.45) is 5.92 Å². The molecule has 0 radical (unpaired) electrons. The first-order chi connectivity index (χ1) is 13.4. The van der Waals surface area contributed by atoms with Gasteiger partial charge in [0, 0.05) is 24.1 Å². The van der Waals surface area contributed by atoms with Crippen molar-refractivity contribution in [3.63, 3.8) is 0 Å². The predicted octanol–water partition coefficient (Wildman–Crippen LogP) is 5.13. The van der Waals surface area contributed by atoms with E-state index >= 15 is 0 Å². The maximum atomic E-state index is 13.0. The zero-order chi connectivity index (χ0) is 19.5. The molecule has 1 fully saturated rings. The largest absolute Gasteiger partial charge is 0.302 e. The lowest BCUT2D eigenvalue weighted by Gasteiger charge is -2.33. The number of hydrogen-bond donors (Lipinski definition) is 2. The first kappa shape index (κ1) is 17.2. The number of anilines is 1.